The van der Waals surface area contributed by atoms with Crippen LogP contribution in [0, 0.1) is 0 Å². The van der Waals surface area contributed by atoms with E-state index in [1.807, 2.05) is 83.7 Å². The number of benzene rings is 2. The molecule has 0 N–H and O–H groups in total. The zero-order chi connectivity index (χ0) is 23.8. The van der Waals surface area contributed by atoms with Gasteiger partial charge in [-0.25, -0.2) is 4.68 Å². The Balaban J connectivity index is 1.48. The number of thiazole rings is 1. The van der Waals surface area contributed by atoms with Gasteiger partial charge in [0.1, 0.15) is 11.4 Å². The highest BCUT2D eigenvalue weighted by Gasteiger charge is 2.15. The van der Waals surface area contributed by atoms with E-state index in [1.165, 1.54) is 15.9 Å². The molecule has 0 saturated heterocycles. The first kappa shape index (κ1) is 20.9. The van der Waals surface area contributed by atoms with Crippen molar-refractivity contribution in [1.29, 1.82) is 0 Å². The summed E-state index contributed by atoms with van der Waals surface area (Å²) in [7, 11) is 1.63. The van der Waals surface area contributed by atoms with Crippen LogP contribution in [0.3, 0.4) is 0 Å². The quantitative estimate of drug-likeness (QED) is 0.376. The minimum atomic E-state index is -0.221. The maximum absolute atomic E-state index is 13.2. The number of hydrogen-bond donors (Lipinski definition) is 0. The topological polar surface area (TPSA) is 87.2 Å². The zero-order valence-electron chi connectivity index (χ0n) is 18.6. The maximum atomic E-state index is 13.2. The Morgan fingerprint density at radius 1 is 0.943 bits per heavy atom. The van der Waals surface area contributed by atoms with Gasteiger partial charge in [-0.05, 0) is 54.6 Å². The lowest BCUT2D eigenvalue weighted by molar-refractivity contribution is 0.415. The van der Waals surface area contributed by atoms with Crippen molar-refractivity contribution in [2.24, 2.45) is 0 Å². The molecule has 0 saturated carbocycles. The molecule has 4 heterocycles. The van der Waals surface area contributed by atoms with Crippen molar-refractivity contribution in [3.8, 4) is 34.1 Å². The van der Waals surface area contributed by atoms with Crippen LogP contribution in [-0.2, 0) is 0 Å². The van der Waals surface area contributed by atoms with Crippen molar-refractivity contribution in [3.63, 3.8) is 0 Å². The van der Waals surface area contributed by atoms with E-state index in [0.29, 0.717) is 15.3 Å². The molecule has 0 bridgehead atoms. The molecular formula is C26H18N6O2S. The van der Waals surface area contributed by atoms with E-state index in [4.69, 9.17) is 9.84 Å². The summed E-state index contributed by atoms with van der Waals surface area (Å²) in [6.07, 6.45) is 7.13. The fourth-order valence-electron chi connectivity index (χ4n) is 3.77. The molecule has 0 radical (unpaired) electrons. The summed E-state index contributed by atoms with van der Waals surface area (Å²) in [5.41, 5.74) is 3.95. The highest BCUT2D eigenvalue weighted by atomic mass is 32.1. The summed E-state index contributed by atoms with van der Waals surface area (Å²) in [5.74, 6) is 1.24. The van der Waals surface area contributed by atoms with Crippen molar-refractivity contribution in [2.75, 3.05) is 7.11 Å². The van der Waals surface area contributed by atoms with Crippen LogP contribution in [-0.4, -0.2) is 36.5 Å². The monoisotopic (exact) mass is 478 g/mol. The van der Waals surface area contributed by atoms with Gasteiger partial charge in [-0.1, -0.05) is 29.5 Å². The molecule has 0 unspecified atom stereocenters. The van der Waals surface area contributed by atoms with Crippen LogP contribution in [0.5, 0.6) is 5.75 Å². The first-order valence-electron chi connectivity index (χ1n) is 10.8. The summed E-state index contributed by atoms with van der Waals surface area (Å²) in [6.45, 7) is 0. The number of rotatable bonds is 5. The predicted octanol–water partition coefficient (Wildman–Crippen LogP) is 3.62. The van der Waals surface area contributed by atoms with Crippen LogP contribution in [0.1, 0.15) is 5.56 Å². The zero-order valence-corrected chi connectivity index (χ0v) is 19.4. The number of fused-ring (bicyclic) bond motifs is 1. The van der Waals surface area contributed by atoms with Crippen molar-refractivity contribution in [1.82, 2.24) is 29.4 Å². The van der Waals surface area contributed by atoms with E-state index in [1.54, 1.807) is 19.5 Å². The second-order valence-corrected chi connectivity index (χ2v) is 8.74. The van der Waals surface area contributed by atoms with E-state index in [9.17, 15) is 4.79 Å². The molecule has 2 aromatic carbocycles. The summed E-state index contributed by atoms with van der Waals surface area (Å²) in [6, 6.07) is 21.2. The first-order chi connectivity index (χ1) is 17.2. The van der Waals surface area contributed by atoms with Gasteiger partial charge in [-0.2, -0.15) is 14.6 Å². The summed E-state index contributed by atoms with van der Waals surface area (Å²) in [5, 5.41) is 9.24. The van der Waals surface area contributed by atoms with Crippen molar-refractivity contribution in [2.45, 2.75) is 0 Å². The van der Waals surface area contributed by atoms with Gasteiger partial charge in [0.15, 0.2) is 5.82 Å². The van der Waals surface area contributed by atoms with Gasteiger partial charge >= 0.3 is 0 Å². The third-order valence-electron chi connectivity index (χ3n) is 5.51. The standard InChI is InChI=1S/C26H18N6O2S/c1-34-21-11-9-17(10-12-21)23-19(16-31(29-23)20-7-3-2-4-8-20)14-22-25(33)32-26(35-22)28-24(30-32)18-6-5-13-27-15-18/h2-16H,1H3/b22-14-. The Bertz CT molecular complexity index is 1740. The van der Waals surface area contributed by atoms with E-state index >= 15 is 0 Å². The minimum absolute atomic E-state index is 0.221. The molecule has 0 spiro atoms. The minimum Gasteiger partial charge on any atom is -0.497 e. The molecule has 6 aromatic rings. The van der Waals surface area contributed by atoms with Gasteiger partial charge in [-0.3, -0.25) is 9.78 Å². The average Bonchev–Trinajstić information content (AvgIpc) is 3.60. The summed E-state index contributed by atoms with van der Waals surface area (Å²) in [4.78, 5) is 22.3. The van der Waals surface area contributed by atoms with Gasteiger partial charge < -0.3 is 4.74 Å². The molecule has 6 rings (SSSR count). The van der Waals surface area contributed by atoms with Crippen LogP contribution in [0.25, 0.3) is 39.4 Å². The van der Waals surface area contributed by atoms with Gasteiger partial charge in [0, 0.05) is 35.3 Å². The lowest BCUT2D eigenvalue weighted by Crippen LogP contribution is -2.23. The lowest BCUT2D eigenvalue weighted by atomic mass is 10.1. The Labute approximate surface area is 203 Å². The predicted molar refractivity (Wildman–Crippen MR) is 135 cm³/mol. The smallest absolute Gasteiger partial charge is 0.291 e. The van der Waals surface area contributed by atoms with E-state index in [2.05, 4.69) is 15.1 Å². The molecule has 4 aromatic heterocycles. The van der Waals surface area contributed by atoms with E-state index in [0.717, 1.165) is 33.8 Å². The fraction of sp³-hybridized carbons (Fsp3) is 0.0385. The third kappa shape index (κ3) is 3.87. The Morgan fingerprint density at radius 3 is 2.49 bits per heavy atom. The molecule has 0 aliphatic heterocycles. The highest BCUT2D eigenvalue weighted by Crippen LogP contribution is 2.26. The second-order valence-electron chi connectivity index (χ2n) is 7.73. The normalized spacial score (nSPS) is 11.9. The summed E-state index contributed by atoms with van der Waals surface area (Å²) >= 11 is 1.29. The van der Waals surface area contributed by atoms with Gasteiger partial charge in [0.2, 0.25) is 4.96 Å². The SMILES string of the molecule is COc1ccc(-c2nn(-c3ccccc3)cc2/C=c2\sc3nc(-c4cccnc4)nn3c2=O)cc1. The molecule has 9 heteroatoms. The molecule has 0 aliphatic carbocycles. The molecule has 170 valence electrons. The fourth-order valence-corrected chi connectivity index (χ4v) is 4.67. The lowest BCUT2D eigenvalue weighted by Gasteiger charge is -2.02. The van der Waals surface area contributed by atoms with Crippen LogP contribution < -0.4 is 14.8 Å². The second kappa shape index (κ2) is 8.62. The van der Waals surface area contributed by atoms with Crippen LogP contribution in [0.4, 0.5) is 0 Å². The number of nitrogens with zero attached hydrogens (tertiary/aromatic N) is 6. The number of pyridine rings is 1. The third-order valence-corrected chi connectivity index (χ3v) is 6.47. The van der Waals surface area contributed by atoms with Crippen molar-refractivity contribution < 1.29 is 4.74 Å². The van der Waals surface area contributed by atoms with Gasteiger partial charge in [-0.15, -0.1) is 5.10 Å². The molecule has 0 fully saturated rings. The average molecular weight is 479 g/mol. The van der Waals surface area contributed by atoms with Crippen LogP contribution >= 0.6 is 11.3 Å². The number of hydrogen-bond acceptors (Lipinski definition) is 7. The van der Waals surface area contributed by atoms with Crippen LogP contribution in [0.2, 0.25) is 0 Å². The maximum Gasteiger partial charge on any atom is 0.291 e. The molecule has 35 heavy (non-hydrogen) atoms. The first-order valence-corrected chi connectivity index (χ1v) is 11.6. The molecule has 0 aliphatic rings. The number of aromatic nitrogens is 6. The Kier molecular flexibility index (Phi) is 5.16. The van der Waals surface area contributed by atoms with Crippen LogP contribution in [0.15, 0.2) is 90.1 Å². The van der Waals surface area contributed by atoms with E-state index in [-0.39, 0.29) is 5.56 Å². The molecular weight excluding hydrogens is 460 g/mol. The Morgan fingerprint density at radius 2 is 1.77 bits per heavy atom. The van der Waals surface area contributed by atoms with Gasteiger partial charge in [0.25, 0.3) is 5.56 Å². The highest BCUT2D eigenvalue weighted by molar-refractivity contribution is 7.15. The Hall–Kier alpha value is -4.63. The summed E-state index contributed by atoms with van der Waals surface area (Å²) < 4.78 is 8.98. The van der Waals surface area contributed by atoms with Crippen molar-refractivity contribution >= 4 is 22.4 Å². The molecule has 0 amide bonds. The van der Waals surface area contributed by atoms with Gasteiger partial charge in [0.05, 0.1) is 17.3 Å². The number of para-hydroxylation sites is 1. The molecule has 0 atom stereocenters. The number of methoxy groups -OCH3 is 1. The molecule has 8 nitrogen and oxygen atoms in total. The number of ether oxygens (including phenoxy) is 1. The van der Waals surface area contributed by atoms with Crippen molar-refractivity contribution in [3.05, 3.63) is 106 Å². The largest absolute Gasteiger partial charge is 0.497 e. The van der Waals surface area contributed by atoms with E-state index < -0.39 is 0 Å².